The zero-order chi connectivity index (χ0) is 13.1. The van der Waals surface area contributed by atoms with E-state index in [2.05, 4.69) is 0 Å². The molecule has 0 aromatic heterocycles. The summed E-state index contributed by atoms with van der Waals surface area (Å²) in [6.07, 6.45) is -0.852. The first kappa shape index (κ1) is 12.9. The summed E-state index contributed by atoms with van der Waals surface area (Å²) in [6.45, 7) is 0. The summed E-state index contributed by atoms with van der Waals surface area (Å²) >= 11 is 5.87. The molecule has 0 bridgehead atoms. The molecule has 1 unspecified atom stereocenters. The van der Waals surface area contributed by atoms with Gasteiger partial charge in [-0.2, -0.15) is 0 Å². The van der Waals surface area contributed by atoms with Gasteiger partial charge in [0.1, 0.15) is 11.6 Å². The van der Waals surface area contributed by atoms with E-state index < -0.39 is 11.9 Å². The van der Waals surface area contributed by atoms with Gasteiger partial charge in [0.2, 0.25) is 0 Å². The van der Waals surface area contributed by atoms with E-state index in [4.69, 9.17) is 11.6 Å². The van der Waals surface area contributed by atoms with E-state index in [9.17, 15) is 14.6 Å². The van der Waals surface area contributed by atoms with Gasteiger partial charge >= 0.3 is 0 Å². The van der Waals surface area contributed by atoms with Gasteiger partial charge in [-0.1, -0.05) is 29.8 Å². The van der Waals surface area contributed by atoms with Crippen molar-refractivity contribution >= 4 is 11.6 Å². The quantitative estimate of drug-likeness (QED) is 0.893. The highest BCUT2D eigenvalue weighted by atomic mass is 35.5. The Labute approximate surface area is 109 Å². The summed E-state index contributed by atoms with van der Waals surface area (Å²) in [6, 6.07) is 10.8. The zero-order valence-electron chi connectivity index (χ0n) is 9.48. The third-order valence-corrected chi connectivity index (χ3v) is 3.00. The Bertz CT molecular complexity index is 537. The Morgan fingerprint density at radius 1 is 1.17 bits per heavy atom. The maximum Gasteiger partial charge on any atom is 0.130 e. The summed E-state index contributed by atoms with van der Waals surface area (Å²) in [5, 5.41) is 19.5. The van der Waals surface area contributed by atoms with Crippen LogP contribution in [0.15, 0.2) is 42.5 Å². The van der Waals surface area contributed by atoms with Crippen LogP contribution in [0.25, 0.3) is 0 Å². The van der Waals surface area contributed by atoms with E-state index in [1.807, 2.05) is 0 Å². The standard InChI is InChI=1S/C14H12ClFO2/c15-11-5-2-6-12(16)14(11)13(18)8-9-3-1-4-10(17)7-9/h1-7,13,17-18H,8H2. The second-order valence-corrected chi connectivity index (χ2v) is 4.43. The third-order valence-electron chi connectivity index (χ3n) is 2.67. The van der Waals surface area contributed by atoms with Crippen LogP contribution in [0.2, 0.25) is 5.02 Å². The molecule has 2 nitrogen and oxygen atoms in total. The van der Waals surface area contributed by atoms with Crippen LogP contribution in [0.5, 0.6) is 5.75 Å². The number of rotatable bonds is 3. The van der Waals surface area contributed by atoms with Crippen LogP contribution < -0.4 is 0 Å². The van der Waals surface area contributed by atoms with Crippen molar-refractivity contribution < 1.29 is 14.6 Å². The van der Waals surface area contributed by atoms with E-state index in [0.717, 1.165) is 0 Å². The number of aliphatic hydroxyl groups is 1. The number of hydrogen-bond donors (Lipinski definition) is 2. The molecular weight excluding hydrogens is 255 g/mol. The normalized spacial score (nSPS) is 12.4. The molecule has 94 valence electrons. The molecule has 0 saturated carbocycles. The van der Waals surface area contributed by atoms with Gasteiger partial charge in [0.05, 0.1) is 6.10 Å². The predicted octanol–water partition coefficient (Wildman–Crippen LogP) is 3.46. The summed E-state index contributed by atoms with van der Waals surface area (Å²) < 4.78 is 13.6. The van der Waals surface area contributed by atoms with Crippen LogP contribution >= 0.6 is 11.6 Å². The minimum atomic E-state index is -1.04. The lowest BCUT2D eigenvalue weighted by molar-refractivity contribution is 0.173. The molecule has 0 spiro atoms. The molecular formula is C14H12ClFO2. The highest BCUT2D eigenvalue weighted by molar-refractivity contribution is 6.31. The molecule has 0 aliphatic rings. The Balaban J connectivity index is 2.25. The number of halogens is 2. The summed E-state index contributed by atoms with van der Waals surface area (Å²) in [4.78, 5) is 0. The maximum absolute atomic E-state index is 13.6. The van der Waals surface area contributed by atoms with Gasteiger partial charge in [-0.15, -0.1) is 0 Å². The van der Waals surface area contributed by atoms with Crippen molar-refractivity contribution in [1.29, 1.82) is 0 Å². The van der Waals surface area contributed by atoms with Gasteiger partial charge in [-0.05, 0) is 29.8 Å². The minimum absolute atomic E-state index is 0.0857. The molecule has 0 fully saturated rings. The molecule has 4 heteroatoms. The Kier molecular flexibility index (Phi) is 3.84. The van der Waals surface area contributed by atoms with Gasteiger partial charge < -0.3 is 10.2 Å². The topological polar surface area (TPSA) is 40.5 Å². The Hall–Kier alpha value is -1.58. The summed E-state index contributed by atoms with van der Waals surface area (Å²) in [5.74, 6) is -0.422. The van der Waals surface area contributed by atoms with Gasteiger partial charge in [0, 0.05) is 17.0 Å². The predicted molar refractivity (Wildman–Crippen MR) is 68.2 cm³/mol. The lowest BCUT2D eigenvalue weighted by Crippen LogP contribution is -2.05. The molecule has 18 heavy (non-hydrogen) atoms. The van der Waals surface area contributed by atoms with Crippen LogP contribution in [0.4, 0.5) is 4.39 Å². The SMILES string of the molecule is Oc1cccc(CC(O)c2c(F)cccc2Cl)c1. The van der Waals surface area contributed by atoms with Crippen molar-refractivity contribution in [3.8, 4) is 5.75 Å². The van der Waals surface area contributed by atoms with Gasteiger partial charge in [0.25, 0.3) is 0 Å². The molecule has 0 aliphatic carbocycles. The average Bonchev–Trinajstić information content (AvgIpc) is 2.28. The molecule has 0 saturated heterocycles. The van der Waals surface area contributed by atoms with Crippen molar-refractivity contribution in [1.82, 2.24) is 0 Å². The smallest absolute Gasteiger partial charge is 0.130 e. The largest absolute Gasteiger partial charge is 0.508 e. The number of phenols is 1. The fourth-order valence-electron chi connectivity index (χ4n) is 1.84. The molecule has 2 aromatic rings. The molecule has 2 aromatic carbocycles. The lowest BCUT2D eigenvalue weighted by Gasteiger charge is -2.13. The molecule has 0 aliphatic heterocycles. The van der Waals surface area contributed by atoms with Crippen molar-refractivity contribution in [2.45, 2.75) is 12.5 Å². The van der Waals surface area contributed by atoms with E-state index >= 15 is 0 Å². The van der Waals surface area contributed by atoms with Crippen LogP contribution in [-0.2, 0) is 6.42 Å². The fourth-order valence-corrected chi connectivity index (χ4v) is 2.13. The Morgan fingerprint density at radius 2 is 1.89 bits per heavy atom. The third kappa shape index (κ3) is 2.81. The molecule has 0 heterocycles. The first-order chi connectivity index (χ1) is 8.58. The summed E-state index contributed by atoms with van der Waals surface area (Å²) in [5.41, 5.74) is 0.796. The van der Waals surface area contributed by atoms with Crippen molar-refractivity contribution in [3.05, 3.63) is 64.4 Å². The van der Waals surface area contributed by atoms with E-state index in [-0.39, 0.29) is 22.8 Å². The fraction of sp³-hybridized carbons (Fsp3) is 0.143. The molecule has 2 rings (SSSR count). The van der Waals surface area contributed by atoms with E-state index in [0.29, 0.717) is 5.56 Å². The van der Waals surface area contributed by atoms with Crippen LogP contribution in [0, 0.1) is 5.82 Å². The van der Waals surface area contributed by atoms with E-state index in [1.165, 1.54) is 30.3 Å². The maximum atomic E-state index is 13.6. The Morgan fingerprint density at radius 3 is 2.56 bits per heavy atom. The average molecular weight is 267 g/mol. The number of aromatic hydroxyl groups is 1. The summed E-state index contributed by atoms with van der Waals surface area (Å²) in [7, 11) is 0. The van der Waals surface area contributed by atoms with Crippen LogP contribution in [0.1, 0.15) is 17.2 Å². The van der Waals surface area contributed by atoms with Crippen molar-refractivity contribution in [3.63, 3.8) is 0 Å². The van der Waals surface area contributed by atoms with E-state index in [1.54, 1.807) is 12.1 Å². The van der Waals surface area contributed by atoms with Crippen LogP contribution in [-0.4, -0.2) is 10.2 Å². The van der Waals surface area contributed by atoms with Gasteiger partial charge in [0.15, 0.2) is 0 Å². The molecule has 1 atom stereocenters. The van der Waals surface area contributed by atoms with Gasteiger partial charge in [-0.3, -0.25) is 0 Å². The first-order valence-corrected chi connectivity index (χ1v) is 5.85. The molecule has 0 amide bonds. The minimum Gasteiger partial charge on any atom is -0.508 e. The molecule has 2 N–H and O–H groups in total. The highest BCUT2D eigenvalue weighted by Gasteiger charge is 2.17. The first-order valence-electron chi connectivity index (χ1n) is 5.48. The second kappa shape index (κ2) is 5.38. The lowest BCUT2D eigenvalue weighted by atomic mass is 10.0. The van der Waals surface area contributed by atoms with Crippen molar-refractivity contribution in [2.24, 2.45) is 0 Å². The number of aliphatic hydroxyl groups excluding tert-OH is 1. The highest BCUT2D eigenvalue weighted by Crippen LogP contribution is 2.28. The zero-order valence-corrected chi connectivity index (χ0v) is 10.2. The number of phenolic OH excluding ortho intramolecular Hbond substituents is 1. The monoisotopic (exact) mass is 266 g/mol. The number of hydrogen-bond acceptors (Lipinski definition) is 2. The van der Waals surface area contributed by atoms with Crippen molar-refractivity contribution in [2.75, 3.05) is 0 Å². The number of benzene rings is 2. The van der Waals surface area contributed by atoms with Gasteiger partial charge in [-0.25, -0.2) is 4.39 Å². The molecule has 0 radical (unpaired) electrons. The second-order valence-electron chi connectivity index (χ2n) is 4.03. The van der Waals surface area contributed by atoms with Crippen LogP contribution in [0.3, 0.4) is 0 Å².